The Bertz CT molecular complexity index is 841. The molecular formula is C20H22N4S. The average molecular weight is 350 g/mol. The van der Waals surface area contributed by atoms with Gasteiger partial charge in [0.2, 0.25) is 0 Å². The van der Waals surface area contributed by atoms with Gasteiger partial charge in [0.15, 0.2) is 5.11 Å². The molecular weight excluding hydrogens is 328 g/mol. The van der Waals surface area contributed by atoms with Gasteiger partial charge in [-0.3, -0.25) is 4.68 Å². The second kappa shape index (κ2) is 7.94. The average Bonchev–Trinajstić information content (AvgIpc) is 2.89. The summed E-state index contributed by atoms with van der Waals surface area (Å²) >= 11 is 5.43. The van der Waals surface area contributed by atoms with Crippen LogP contribution in [0.5, 0.6) is 0 Å². The summed E-state index contributed by atoms with van der Waals surface area (Å²) in [5, 5.41) is 11.8. The van der Waals surface area contributed by atoms with Crippen molar-refractivity contribution in [1.82, 2.24) is 15.1 Å². The first-order valence-electron chi connectivity index (χ1n) is 8.30. The molecule has 2 N–H and O–H groups in total. The molecule has 3 rings (SSSR count). The standard InChI is InChI=1S/C20H22N4S/c1-15-19(22-20(25)21-13-17-9-5-3-6-10-17)16(2)24(23-15)14-18-11-7-4-8-12-18/h3-12H,13-14H2,1-2H3,(H2,21,22,25). The fourth-order valence-electron chi connectivity index (χ4n) is 2.72. The Morgan fingerprint density at radius 2 is 1.56 bits per heavy atom. The van der Waals surface area contributed by atoms with Crippen LogP contribution in [0.4, 0.5) is 5.69 Å². The van der Waals surface area contributed by atoms with Gasteiger partial charge in [0.1, 0.15) is 0 Å². The molecule has 25 heavy (non-hydrogen) atoms. The van der Waals surface area contributed by atoms with Gasteiger partial charge in [0, 0.05) is 6.54 Å². The van der Waals surface area contributed by atoms with E-state index in [9.17, 15) is 0 Å². The van der Waals surface area contributed by atoms with Crippen LogP contribution >= 0.6 is 12.2 Å². The van der Waals surface area contributed by atoms with Crippen LogP contribution in [0.2, 0.25) is 0 Å². The van der Waals surface area contributed by atoms with Crippen molar-refractivity contribution >= 4 is 23.0 Å². The second-order valence-electron chi connectivity index (χ2n) is 5.98. The van der Waals surface area contributed by atoms with Crippen LogP contribution in [-0.4, -0.2) is 14.9 Å². The van der Waals surface area contributed by atoms with E-state index in [4.69, 9.17) is 12.2 Å². The number of thiocarbonyl (C=S) groups is 1. The van der Waals surface area contributed by atoms with Gasteiger partial charge in [-0.15, -0.1) is 0 Å². The Balaban J connectivity index is 1.65. The molecule has 1 heterocycles. The fourth-order valence-corrected chi connectivity index (χ4v) is 2.90. The SMILES string of the molecule is Cc1nn(Cc2ccccc2)c(C)c1NC(=S)NCc1ccccc1. The Hall–Kier alpha value is -2.66. The molecule has 0 aliphatic carbocycles. The molecule has 128 valence electrons. The number of aryl methyl sites for hydroxylation is 1. The molecule has 0 saturated heterocycles. The van der Waals surface area contributed by atoms with Crippen molar-refractivity contribution < 1.29 is 0 Å². The molecule has 2 aromatic carbocycles. The molecule has 0 aliphatic rings. The van der Waals surface area contributed by atoms with Gasteiger partial charge in [0.05, 0.1) is 23.6 Å². The number of nitrogens with one attached hydrogen (secondary N) is 2. The quantitative estimate of drug-likeness (QED) is 0.682. The van der Waals surface area contributed by atoms with E-state index >= 15 is 0 Å². The second-order valence-corrected chi connectivity index (χ2v) is 6.39. The maximum absolute atomic E-state index is 5.43. The number of nitrogens with zero attached hydrogens (tertiary/aromatic N) is 2. The molecule has 0 bridgehead atoms. The van der Waals surface area contributed by atoms with Crippen LogP contribution in [0.1, 0.15) is 22.5 Å². The van der Waals surface area contributed by atoms with Crippen LogP contribution in [-0.2, 0) is 13.1 Å². The summed E-state index contributed by atoms with van der Waals surface area (Å²) in [7, 11) is 0. The third-order valence-electron chi connectivity index (χ3n) is 4.09. The summed E-state index contributed by atoms with van der Waals surface area (Å²) in [4.78, 5) is 0. The van der Waals surface area contributed by atoms with E-state index in [0.717, 1.165) is 23.6 Å². The van der Waals surface area contributed by atoms with Gasteiger partial charge in [-0.05, 0) is 37.2 Å². The number of hydrogen-bond donors (Lipinski definition) is 2. The highest BCUT2D eigenvalue weighted by molar-refractivity contribution is 7.80. The minimum atomic E-state index is 0.606. The number of benzene rings is 2. The summed E-state index contributed by atoms with van der Waals surface area (Å²) in [5.74, 6) is 0. The number of anilines is 1. The molecule has 0 atom stereocenters. The fraction of sp³-hybridized carbons (Fsp3) is 0.200. The molecule has 0 unspecified atom stereocenters. The highest BCUT2D eigenvalue weighted by atomic mass is 32.1. The minimum Gasteiger partial charge on any atom is -0.358 e. The van der Waals surface area contributed by atoms with E-state index < -0.39 is 0 Å². The van der Waals surface area contributed by atoms with Crippen molar-refractivity contribution in [3.8, 4) is 0 Å². The summed E-state index contributed by atoms with van der Waals surface area (Å²) < 4.78 is 2.01. The monoisotopic (exact) mass is 350 g/mol. The Morgan fingerprint density at radius 3 is 2.20 bits per heavy atom. The number of hydrogen-bond acceptors (Lipinski definition) is 2. The van der Waals surface area contributed by atoms with Crippen molar-refractivity contribution in [2.45, 2.75) is 26.9 Å². The molecule has 0 spiro atoms. The Morgan fingerprint density at radius 1 is 0.960 bits per heavy atom. The lowest BCUT2D eigenvalue weighted by atomic mass is 10.2. The van der Waals surface area contributed by atoms with Crippen molar-refractivity contribution in [2.75, 3.05) is 5.32 Å². The van der Waals surface area contributed by atoms with Gasteiger partial charge in [-0.2, -0.15) is 5.10 Å². The van der Waals surface area contributed by atoms with Crippen LogP contribution < -0.4 is 10.6 Å². The summed E-state index contributed by atoms with van der Waals surface area (Å²) in [5.41, 5.74) is 5.41. The van der Waals surface area contributed by atoms with E-state index in [1.807, 2.05) is 48.0 Å². The van der Waals surface area contributed by atoms with Gasteiger partial charge in [-0.1, -0.05) is 60.7 Å². The molecule has 1 aromatic heterocycles. The Kier molecular flexibility index (Phi) is 5.46. The molecule has 4 nitrogen and oxygen atoms in total. The van der Waals surface area contributed by atoms with Gasteiger partial charge < -0.3 is 10.6 Å². The lowest BCUT2D eigenvalue weighted by Gasteiger charge is -2.11. The zero-order valence-corrected chi connectivity index (χ0v) is 15.3. The van der Waals surface area contributed by atoms with E-state index in [1.54, 1.807) is 0 Å². The first kappa shape index (κ1) is 17.2. The number of rotatable bonds is 5. The third-order valence-corrected chi connectivity index (χ3v) is 4.34. The first-order chi connectivity index (χ1) is 12.1. The maximum atomic E-state index is 5.43. The molecule has 0 saturated carbocycles. The van der Waals surface area contributed by atoms with Crippen LogP contribution in [0, 0.1) is 13.8 Å². The van der Waals surface area contributed by atoms with Crippen molar-refractivity contribution in [3.63, 3.8) is 0 Å². The molecule has 0 amide bonds. The highest BCUT2D eigenvalue weighted by Crippen LogP contribution is 2.20. The van der Waals surface area contributed by atoms with E-state index in [1.165, 1.54) is 11.1 Å². The van der Waals surface area contributed by atoms with E-state index in [0.29, 0.717) is 11.7 Å². The largest absolute Gasteiger partial charge is 0.358 e. The van der Waals surface area contributed by atoms with Crippen molar-refractivity contribution in [1.29, 1.82) is 0 Å². The molecule has 5 heteroatoms. The van der Waals surface area contributed by atoms with Gasteiger partial charge >= 0.3 is 0 Å². The van der Waals surface area contributed by atoms with Crippen LogP contribution in [0.15, 0.2) is 60.7 Å². The minimum absolute atomic E-state index is 0.606. The van der Waals surface area contributed by atoms with Crippen LogP contribution in [0.3, 0.4) is 0 Å². The Labute approximate surface area is 153 Å². The zero-order valence-electron chi connectivity index (χ0n) is 14.5. The third kappa shape index (κ3) is 4.45. The molecule has 3 aromatic rings. The van der Waals surface area contributed by atoms with Gasteiger partial charge in [-0.25, -0.2) is 0 Å². The number of aromatic nitrogens is 2. The normalized spacial score (nSPS) is 10.5. The van der Waals surface area contributed by atoms with Crippen LogP contribution in [0.25, 0.3) is 0 Å². The topological polar surface area (TPSA) is 41.9 Å². The smallest absolute Gasteiger partial charge is 0.171 e. The summed E-state index contributed by atoms with van der Waals surface area (Å²) in [6.07, 6.45) is 0. The summed E-state index contributed by atoms with van der Waals surface area (Å²) in [6.45, 7) is 5.50. The van der Waals surface area contributed by atoms with E-state index in [-0.39, 0.29) is 0 Å². The van der Waals surface area contributed by atoms with E-state index in [2.05, 4.69) is 46.9 Å². The van der Waals surface area contributed by atoms with Crippen molar-refractivity contribution in [2.24, 2.45) is 0 Å². The van der Waals surface area contributed by atoms with Gasteiger partial charge in [0.25, 0.3) is 0 Å². The zero-order chi connectivity index (χ0) is 17.6. The highest BCUT2D eigenvalue weighted by Gasteiger charge is 2.12. The maximum Gasteiger partial charge on any atom is 0.171 e. The molecule has 0 aliphatic heterocycles. The lowest BCUT2D eigenvalue weighted by Crippen LogP contribution is -2.28. The molecule has 0 fully saturated rings. The van der Waals surface area contributed by atoms with Crippen molar-refractivity contribution in [3.05, 3.63) is 83.2 Å². The molecule has 0 radical (unpaired) electrons. The first-order valence-corrected chi connectivity index (χ1v) is 8.71. The summed E-state index contributed by atoms with van der Waals surface area (Å²) in [6, 6.07) is 20.5. The predicted molar refractivity (Wildman–Crippen MR) is 107 cm³/mol. The lowest BCUT2D eigenvalue weighted by molar-refractivity contribution is 0.659. The predicted octanol–water partition coefficient (Wildman–Crippen LogP) is 4.03.